The largest absolute Gasteiger partial charge is 0.372 e. The first-order valence-corrected chi connectivity index (χ1v) is 11.1. The number of aliphatic imine (C=N–C) groups is 1. The van der Waals surface area contributed by atoms with E-state index in [1.165, 1.54) is 32.1 Å². The molecule has 2 aliphatic rings. The van der Waals surface area contributed by atoms with Crippen molar-refractivity contribution >= 4 is 35.8 Å². The molecular weight excluding hydrogens is 491 g/mol. The van der Waals surface area contributed by atoms with Crippen molar-refractivity contribution in [2.45, 2.75) is 77.7 Å². The summed E-state index contributed by atoms with van der Waals surface area (Å²) in [7, 11) is 0. The molecule has 1 saturated heterocycles. The molecular formula is C23H37IN4O2. The zero-order valence-electron chi connectivity index (χ0n) is 18.5. The topological polar surface area (TPSA) is 66.0 Å². The average Bonchev–Trinajstić information content (AvgIpc) is 2.72. The molecule has 2 unspecified atom stereocenters. The van der Waals surface area contributed by atoms with E-state index >= 15 is 0 Å². The van der Waals surface area contributed by atoms with Gasteiger partial charge >= 0.3 is 0 Å². The molecule has 1 aromatic rings. The number of morpholine rings is 1. The molecule has 30 heavy (non-hydrogen) atoms. The molecule has 1 amide bonds. The molecule has 2 fully saturated rings. The maximum absolute atomic E-state index is 12.8. The van der Waals surface area contributed by atoms with E-state index in [4.69, 9.17) is 9.73 Å². The lowest BCUT2D eigenvalue weighted by atomic mass is 9.96. The van der Waals surface area contributed by atoms with Gasteiger partial charge in [-0.3, -0.25) is 4.79 Å². The van der Waals surface area contributed by atoms with Crippen LogP contribution < -0.4 is 10.6 Å². The van der Waals surface area contributed by atoms with Crippen LogP contribution in [0.2, 0.25) is 0 Å². The summed E-state index contributed by atoms with van der Waals surface area (Å²) in [6.45, 7) is 8.86. The van der Waals surface area contributed by atoms with Gasteiger partial charge < -0.3 is 20.3 Å². The highest BCUT2D eigenvalue weighted by Gasteiger charge is 2.26. The predicted octanol–water partition coefficient (Wildman–Crippen LogP) is 3.94. The highest BCUT2D eigenvalue weighted by molar-refractivity contribution is 14.0. The Balaban J connectivity index is 0.00000320. The zero-order valence-corrected chi connectivity index (χ0v) is 20.9. The van der Waals surface area contributed by atoms with Crippen LogP contribution in [0.3, 0.4) is 0 Å². The predicted molar refractivity (Wildman–Crippen MR) is 133 cm³/mol. The molecule has 0 radical (unpaired) electrons. The van der Waals surface area contributed by atoms with Crippen molar-refractivity contribution in [1.82, 2.24) is 15.5 Å². The van der Waals surface area contributed by atoms with Crippen LogP contribution in [-0.4, -0.2) is 54.7 Å². The molecule has 2 atom stereocenters. The fraction of sp³-hybridized carbons (Fsp3) is 0.652. The van der Waals surface area contributed by atoms with Crippen molar-refractivity contribution in [1.29, 1.82) is 0 Å². The fourth-order valence-electron chi connectivity index (χ4n) is 4.21. The molecule has 168 valence electrons. The summed E-state index contributed by atoms with van der Waals surface area (Å²) < 4.78 is 5.73. The van der Waals surface area contributed by atoms with Crippen molar-refractivity contribution in [3.05, 3.63) is 35.4 Å². The summed E-state index contributed by atoms with van der Waals surface area (Å²) in [4.78, 5) is 19.4. The van der Waals surface area contributed by atoms with Gasteiger partial charge in [-0.15, -0.1) is 24.0 Å². The number of carbonyl (C=O) groups excluding carboxylic acids is 1. The molecule has 1 aliphatic carbocycles. The molecule has 6 nitrogen and oxygen atoms in total. The molecule has 2 N–H and O–H groups in total. The van der Waals surface area contributed by atoms with Gasteiger partial charge in [0, 0.05) is 31.2 Å². The number of halogens is 1. The Bertz CT molecular complexity index is 679. The first kappa shape index (κ1) is 24.9. The van der Waals surface area contributed by atoms with Crippen LogP contribution in [0.5, 0.6) is 0 Å². The number of nitrogens with zero attached hydrogens (tertiary/aromatic N) is 2. The second-order valence-corrected chi connectivity index (χ2v) is 8.34. The minimum atomic E-state index is 0. The smallest absolute Gasteiger partial charge is 0.254 e. The SMILES string of the molecule is CCNC(=NCc1ccc(C(=O)N2CC(C)OC(C)C2)cc1)NC1CCCCC1.I. The van der Waals surface area contributed by atoms with Crippen LogP contribution in [0.25, 0.3) is 0 Å². The number of hydrogen-bond acceptors (Lipinski definition) is 3. The Labute approximate surface area is 198 Å². The molecule has 0 aromatic heterocycles. The molecule has 0 spiro atoms. The van der Waals surface area contributed by atoms with Crippen molar-refractivity contribution in [3.63, 3.8) is 0 Å². The number of rotatable bonds is 5. The Morgan fingerprint density at radius 3 is 2.33 bits per heavy atom. The van der Waals surface area contributed by atoms with Gasteiger partial charge in [0.2, 0.25) is 0 Å². The summed E-state index contributed by atoms with van der Waals surface area (Å²) in [6, 6.07) is 8.38. The first-order valence-electron chi connectivity index (χ1n) is 11.1. The summed E-state index contributed by atoms with van der Waals surface area (Å²) in [5.41, 5.74) is 1.83. The third-order valence-electron chi connectivity index (χ3n) is 5.62. The molecule has 1 aliphatic heterocycles. The van der Waals surface area contributed by atoms with Gasteiger partial charge in [-0.1, -0.05) is 31.4 Å². The third-order valence-corrected chi connectivity index (χ3v) is 5.62. The van der Waals surface area contributed by atoms with Crippen molar-refractivity contribution < 1.29 is 9.53 Å². The number of guanidine groups is 1. The van der Waals surface area contributed by atoms with Crippen LogP contribution in [0, 0.1) is 0 Å². The second kappa shape index (κ2) is 12.5. The van der Waals surface area contributed by atoms with Gasteiger partial charge in [0.1, 0.15) is 0 Å². The summed E-state index contributed by atoms with van der Waals surface area (Å²) >= 11 is 0. The van der Waals surface area contributed by atoms with Crippen molar-refractivity contribution in [3.8, 4) is 0 Å². The minimum absolute atomic E-state index is 0. The molecule has 1 saturated carbocycles. The van der Waals surface area contributed by atoms with Gasteiger partial charge in [-0.2, -0.15) is 0 Å². The van der Waals surface area contributed by atoms with Gasteiger partial charge in [0.15, 0.2) is 5.96 Å². The summed E-state index contributed by atoms with van der Waals surface area (Å²) in [6.07, 6.45) is 6.55. The van der Waals surface area contributed by atoms with Crippen molar-refractivity contribution in [2.24, 2.45) is 4.99 Å². The van der Waals surface area contributed by atoms with Crippen LogP contribution in [0.4, 0.5) is 0 Å². The Hall–Kier alpha value is -1.35. The maximum atomic E-state index is 12.8. The lowest BCUT2D eigenvalue weighted by Crippen LogP contribution is -2.48. The number of benzene rings is 1. The zero-order chi connectivity index (χ0) is 20.6. The normalized spacial score (nSPS) is 22.9. The van der Waals surface area contributed by atoms with Crippen molar-refractivity contribution in [2.75, 3.05) is 19.6 Å². The van der Waals surface area contributed by atoms with Crippen LogP contribution in [-0.2, 0) is 11.3 Å². The van der Waals surface area contributed by atoms with Crippen LogP contribution in [0.15, 0.2) is 29.3 Å². The quantitative estimate of drug-likeness (QED) is 0.345. The number of hydrogen-bond donors (Lipinski definition) is 2. The second-order valence-electron chi connectivity index (χ2n) is 8.34. The van der Waals surface area contributed by atoms with E-state index in [0.29, 0.717) is 25.7 Å². The van der Waals surface area contributed by atoms with E-state index in [2.05, 4.69) is 17.6 Å². The van der Waals surface area contributed by atoms with E-state index in [0.717, 1.165) is 23.6 Å². The summed E-state index contributed by atoms with van der Waals surface area (Å²) in [5.74, 6) is 0.963. The molecule has 1 aromatic carbocycles. The highest BCUT2D eigenvalue weighted by atomic mass is 127. The van der Waals surface area contributed by atoms with Crippen LogP contribution in [0.1, 0.15) is 68.8 Å². The maximum Gasteiger partial charge on any atom is 0.254 e. The standard InChI is InChI=1S/C23H36N4O2.HI/c1-4-24-23(26-21-8-6-5-7-9-21)25-14-19-10-12-20(13-11-19)22(28)27-15-17(2)29-18(3)16-27;/h10-13,17-18,21H,4-9,14-16H2,1-3H3,(H2,24,25,26);1H. The minimum Gasteiger partial charge on any atom is -0.372 e. The van der Waals surface area contributed by atoms with Gasteiger partial charge in [-0.05, 0) is 51.3 Å². The molecule has 7 heteroatoms. The Morgan fingerprint density at radius 2 is 1.73 bits per heavy atom. The van der Waals surface area contributed by atoms with E-state index in [-0.39, 0.29) is 42.1 Å². The highest BCUT2D eigenvalue weighted by Crippen LogP contribution is 2.18. The fourth-order valence-corrected chi connectivity index (χ4v) is 4.21. The number of ether oxygens (including phenoxy) is 1. The monoisotopic (exact) mass is 528 g/mol. The number of carbonyl (C=O) groups is 1. The lowest BCUT2D eigenvalue weighted by molar-refractivity contribution is -0.0586. The number of amides is 1. The third kappa shape index (κ3) is 7.41. The Kier molecular flexibility index (Phi) is 10.4. The van der Waals surface area contributed by atoms with E-state index in [9.17, 15) is 4.79 Å². The Morgan fingerprint density at radius 1 is 1.10 bits per heavy atom. The van der Waals surface area contributed by atoms with E-state index in [1.807, 2.05) is 43.0 Å². The van der Waals surface area contributed by atoms with Gasteiger partial charge in [-0.25, -0.2) is 4.99 Å². The molecule has 0 bridgehead atoms. The summed E-state index contributed by atoms with van der Waals surface area (Å²) in [5, 5.41) is 6.92. The molecule has 3 rings (SSSR count). The van der Waals surface area contributed by atoms with Crippen LogP contribution >= 0.6 is 24.0 Å². The number of nitrogens with one attached hydrogen (secondary N) is 2. The van der Waals surface area contributed by atoms with E-state index < -0.39 is 0 Å². The average molecular weight is 528 g/mol. The van der Waals surface area contributed by atoms with Gasteiger partial charge in [0.25, 0.3) is 5.91 Å². The molecule has 1 heterocycles. The van der Waals surface area contributed by atoms with E-state index in [1.54, 1.807) is 0 Å². The van der Waals surface area contributed by atoms with Gasteiger partial charge in [0.05, 0.1) is 18.8 Å². The lowest BCUT2D eigenvalue weighted by Gasteiger charge is -2.35. The first-order chi connectivity index (χ1) is 14.0.